The van der Waals surface area contributed by atoms with Crippen molar-refractivity contribution >= 4 is 11.6 Å². The Bertz CT molecular complexity index is 872. The first-order chi connectivity index (χ1) is 12.1. The highest BCUT2D eigenvalue weighted by Crippen LogP contribution is 2.19. The molecule has 3 nitrogen and oxygen atoms in total. The summed E-state index contributed by atoms with van der Waals surface area (Å²) in [5.74, 6) is 0.660. The van der Waals surface area contributed by atoms with Gasteiger partial charge in [0.05, 0.1) is 0 Å². The van der Waals surface area contributed by atoms with Gasteiger partial charge in [-0.3, -0.25) is 4.79 Å². The zero-order chi connectivity index (χ0) is 17.6. The summed E-state index contributed by atoms with van der Waals surface area (Å²) in [6.07, 6.45) is 0. The molecule has 0 saturated heterocycles. The van der Waals surface area contributed by atoms with E-state index in [1.54, 1.807) is 0 Å². The summed E-state index contributed by atoms with van der Waals surface area (Å²) in [6, 6.07) is 23.1. The average Bonchev–Trinajstić information content (AvgIpc) is 2.64. The molecule has 25 heavy (non-hydrogen) atoms. The van der Waals surface area contributed by atoms with Crippen molar-refractivity contribution in [3.05, 3.63) is 95.1 Å². The van der Waals surface area contributed by atoms with Gasteiger partial charge in [-0.1, -0.05) is 48.5 Å². The van der Waals surface area contributed by atoms with Gasteiger partial charge in [-0.05, 0) is 49.2 Å². The van der Waals surface area contributed by atoms with Crippen molar-refractivity contribution in [1.29, 1.82) is 0 Å². The highest BCUT2D eigenvalue weighted by Gasteiger charge is 2.12. The van der Waals surface area contributed by atoms with E-state index in [1.807, 2.05) is 86.6 Å². The number of hydrogen-bond donors (Lipinski definition) is 1. The van der Waals surface area contributed by atoms with Crippen molar-refractivity contribution in [3.8, 4) is 5.75 Å². The number of rotatable bonds is 5. The lowest BCUT2D eigenvalue weighted by molar-refractivity contribution is 0.102. The van der Waals surface area contributed by atoms with Gasteiger partial charge >= 0.3 is 0 Å². The lowest BCUT2D eigenvalue weighted by Gasteiger charge is -2.13. The molecule has 1 N–H and O–H groups in total. The number of ether oxygens (including phenoxy) is 1. The van der Waals surface area contributed by atoms with Crippen LogP contribution in [0.2, 0.25) is 0 Å². The Balaban J connectivity index is 1.77. The molecule has 0 aliphatic heterocycles. The van der Waals surface area contributed by atoms with Crippen LogP contribution in [0.5, 0.6) is 5.75 Å². The van der Waals surface area contributed by atoms with E-state index in [9.17, 15) is 4.79 Å². The van der Waals surface area contributed by atoms with Gasteiger partial charge in [-0.25, -0.2) is 0 Å². The Labute approximate surface area is 148 Å². The van der Waals surface area contributed by atoms with E-state index in [-0.39, 0.29) is 5.91 Å². The van der Waals surface area contributed by atoms with Gasteiger partial charge in [0.25, 0.3) is 5.91 Å². The van der Waals surface area contributed by atoms with Crippen molar-refractivity contribution < 1.29 is 9.53 Å². The van der Waals surface area contributed by atoms with E-state index in [0.717, 1.165) is 28.1 Å². The van der Waals surface area contributed by atoms with Crippen molar-refractivity contribution in [2.45, 2.75) is 20.5 Å². The molecular formula is C22H21NO2. The van der Waals surface area contributed by atoms with Gasteiger partial charge in [0, 0.05) is 16.8 Å². The molecule has 126 valence electrons. The molecule has 3 aromatic carbocycles. The number of carbonyl (C=O) groups is 1. The molecule has 0 radical (unpaired) electrons. The minimum absolute atomic E-state index is 0.124. The van der Waals surface area contributed by atoms with Crippen molar-refractivity contribution in [2.24, 2.45) is 0 Å². The molecule has 0 aliphatic carbocycles. The zero-order valence-electron chi connectivity index (χ0n) is 14.5. The van der Waals surface area contributed by atoms with Crippen LogP contribution in [0.4, 0.5) is 5.69 Å². The molecule has 0 unspecified atom stereocenters. The molecule has 0 saturated carbocycles. The summed E-state index contributed by atoms with van der Waals surface area (Å²) >= 11 is 0. The maximum absolute atomic E-state index is 12.7. The summed E-state index contributed by atoms with van der Waals surface area (Å²) in [4.78, 5) is 12.7. The average molecular weight is 331 g/mol. The monoisotopic (exact) mass is 331 g/mol. The second-order valence-electron chi connectivity index (χ2n) is 6.03. The Morgan fingerprint density at radius 2 is 1.64 bits per heavy atom. The third-order valence-electron chi connectivity index (χ3n) is 4.04. The van der Waals surface area contributed by atoms with E-state index in [2.05, 4.69) is 5.32 Å². The number of carbonyl (C=O) groups excluding carboxylic acids is 1. The van der Waals surface area contributed by atoms with Crippen LogP contribution >= 0.6 is 0 Å². The third kappa shape index (κ3) is 4.27. The van der Waals surface area contributed by atoms with Crippen molar-refractivity contribution in [3.63, 3.8) is 0 Å². The van der Waals surface area contributed by atoms with Crippen LogP contribution in [-0.2, 0) is 6.61 Å². The highest BCUT2D eigenvalue weighted by atomic mass is 16.5. The van der Waals surface area contributed by atoms with E-state index >= 15 is 0 Å². The minimum atomic E-state index is -0.124. The van der Waals surface area contributed by atoms with Crippen LogP contribution in [0.3, 0.4) is 0 Å². The van der Waals surface area contributed by atoms with Gasteiger partial charge in [0.15, 0.2) is 0 Å². The molecule has 3 heteroatoms. The first-order valence-corrected chi connectivity index (χ1v) is 8.28. The number of hydrogen-bond acceptors (Lipinski definition) is 2. The maximum atomic E-state index is 12.7. The number of para-hydroxylation sites is 1. The van der Waals surface area contributed by atoms with E-state index < -0.39 is 0 Å². The minimum Gasteiger partial charge on any atom is -0.489 e. The standard InChI is InChI=1S/C22H21NO2/c1-16-12-13-17(2)21(14-16)23-22(24)20-11-7-6-8-18(20)15-25-19-9-4-3-5-10-19/h3-14H,15H2,1-2H3,(H,23,24). The lowest BCUT2D eigenvalue weighted by Crippen LogP contribution is -2.16. The molecule has 1 amide bonds. The largest absolute Gasteiger partial charge is 0.489 e. The molecule has 0 heterocycles. The van der Waals surface area contributed by atoms with Crippen LogP contribution in [0, 0.1) is 13.8 Å². The molecule has 0 spiro atoms. The Morgan fingerprint density at radius 1 is 0.920 bits per heavy atom. The Kier molecular flexibility index (Phi) is 5.14. The summed E-state index contributed by atoms with van der Waals surface area (Å²) in [5, 5.41) is 3.01. The van der Waals surface area contributed by atoms with Gasteiger partial charge in [0.1, 0.15) is 12.4 Å². The molecule has 0 atom stereocenters. The normalized spacial score (nSPS) is 10.3. The fourth-order valence-corrected chi connectivity index (χ4v) is 2.61. The molecule has 3 aromatic rings. The van der Waals surface area contributed by atoms with Crippen LogP contribution in [0.15, 0.2) is 72.8 Å². The van der Waals surface area contributed by atoms with Gasteiger partial charge < -0.3 is 10.1 Å². The van der Waals surface area contributed by atoms with Crippen molar-refractivity contribution in [2.75, 3.05) is 5.32 Å². The Hall–Kier alpha value is -3.07. The van der Waals surface area contributed by atoms with Gasteiger partial charge in [-0.2, -0.15) is 0 Å². The molecule has 0 aromatic heterocycles. The number of aryl methyl sites for hydroxylation is 2. The Morgan fingerprint density at radius 3 is 2.44 bits per heavy atom. The molecule has 3 rings (SSSR count). The third-order valence-corrected chi connectivity index (χ3v) is 4.04. The first kappa shape index (κ1) is 16.8. The van der Waals surface area contributed by atoms with Crippen LogP contribution in [0.1, 0.15) is 27.0 Å². The fraction of sp³-hybridized carbons (Fsp3) is 0.136. The van der Waals surface area contributed by atoms with E-state index in [1.165, 1.54) is 0 Å². The number of benzene rings is 3. The van der Waals surface area contributed by atoms with Gasteiger partial charge in [0.2, 0.25) is 0 Å². The van der Waals surface area contributed by atoms with Crippen LogP contribution in [-0.4, -0.2) is 5.91 Å². The van der Waals surface area contributed by atoms with E-state index in [4.69, 9.17) is 4.74 Å². The molecule has 0 bridgehead atoms. The van der Waals surface area contributed by atoms with Crippen LogP contribution in [0.25, 0.3) is 0 Å². The predicted molar refractivity (Wildman–Crippen MR) is 101 cm³/mol. The van der Waals surface area contributed by atoms with Crippen LogP contribution < -0.4 is 10.1 Å². The molecule has 0 fully saturated rings. The lowest BCUT2D eigenvalue weighted by atomic mass is 10.1. The SMILES string of the molecule is Cc1ccc(C)c(NC(=O)c2ccccc2COc2ccccc2)c1. The zero-order valence-corrected chi connectivity index (χ0v) is 14.5. The van der Waals surface area contributed by atoms with E-state index in [0.29, 0.717) is 12.2 Å². The second-order valence-corrected chi connectivity index (χ2v) is 6.03. The summed E-state index contributed by atoms with van der Waals surface area (Å²) in [5.41, 5.74) is 4.47. The summed E-state index contributed by atoms with van der Waals surface area (Å²) in [7, 11) is 0. The number of anilines is 1. The first-order valence-electron chi connectivity index (χ1n) is 8.28. The second kappa shape index (κ2) is 7.67. The molecular weight excluding hydrogens is 310 g/mol. The fourth-order valence-electron chi connectivity index (χ4n) is 2.61. The number of amides is 1. The van der Waals surface area contributed by atoms with Gasteiger partial charge in [-0.15, -0.1) is 0 Å². The highest BCUT2D eigenvalue weighted by molar-refractivity contribution is 6.05. The smallest absolute Gasteiger partial charge is 0.256 e. The van der Waals surface area contributed by atoms with Crippen molar-refractivity contribution in [1.82, 2.24) is 0 Å². The topological polar surface area (TPSA) is 38.3 Å². The predicted octanol–water partition coefficient (Wildman–Crippen LogP) is 5.13. The summed E-state index contributed by atoms with van der Waals surface area (Å²) < 4.78 is 5.80. The maximum Gasteiger partial charge on any atom is 0.256 e. The summed E-state index contributed by atoms with van der Waals surface area (Å²) in [6.45, 7) is 4.34. The number of nitrogens with one attached hydrogen (secondary N) is 1. The quantitative estimate of drug-likeness (QED) is 0.703. The molecule has 0 aliphatic rings.